The zero-order valence-electron chi connectivity index (χ0n) is 10.7. The molecule has 0 atom stereocenters. The highest BCUT2D eigenvalue weighted by Crippen LogP contribution is 2.17. The molecule has 0 spiro atoms. The van der Waals surface area contributed by atoms with Gasteiger partial charge in [0.1, 0.15) is 5.75 Å². The summed E-state index contributed by atoms with van der Waals surface area (Å²) < 4.78 is 7.06. The summed E-state index contributed by atoms with van der Waals surface area (Å²) in [6.07, 6.45) is 0. The standard InChI is InChI=1S/C12H11N3O5/c1-14-10(16)9(13-15(2)12(14)19)20-8-5-3-4-7(6-8)11(17)18/h3-6H,1-2H3,(H,17,18). The maximum absolute atomic E-state index is 11.8. The van der Waals surface area contributed by atoms with E-state index in [0.29, 0.717) is 0 Å². The lowest BCUT2D eigenvalue weighted by Gasteiger charge is -2.07. The van der Waals surface area contributed by atoms with Crippen molar-refractivity contribution in [2.45, 2.75) is 0 Å². The van der Waals surface area contributed by atoms with Gasteiger partial charge in [-0.05, 0) is 18.2 Å². The van der Waals surface area contributed by atoms with E-state index in [1.54, 1.807) is 0 Å². The van der Waals surface area contributed by atoms with Crippen LogP contribution < -0.4 is 16.0 Å². The highest BCUT2D eigenvalue weighted by Gasteiger charge is 2.12. The Labute approximate surface area is 112 Å². The number of aryl methyl sites for hydroxylation is 1. The van der Waals surface area contributed by atoms with Crippen LogP contribution in [-0.2, 0) is 14.1 Å². The molecule has 8 nitrogen and oxygen atoms in total. The van der Waals surface area contributed by atoms with Crippen LogP contribution in [0, 0.1) is 0 Å². The Morgan fingerprint density at radius 1 is 1.30 bits per heavy atom. The van der Waals surface area contributed by atoms with Gasteiger partial charge in [0, 0.05) is 14.1 Å². The molecule has 0 fully saturated rings. The van der Waals surface area contributed by atoms with Crippen LogP contribution in [0.4, 0.5) is 0 Å². The minimum Gasteiger partial charge on any atom is -0.478 e. The Morgan fingerprint density at radius 3 is 2.65 bits per heavy atom. The van der Waals surface area contributed by atoms with Crippen molar-refractivity contribution in [1.82, 2.24) is 14.3 Å². The maximum atomic E-state index is 11.8. The number of aromatic carboxylic acids is 1. The third-order valence-electron chi connectivity index (χ3n) is 2.59. The summed E-state index contributed by atoms with van der Waals surface area (Å²) in [5.41, 5.74) is -1.26. The first-order valence-corrected chi connectivity index (χ1v) is 5.55. The number of rotatable bonds is 3. The van der Waals surface area contributed by atoms with E-state index in [0.717, 1.165) is 9.25 Å². The summed E-state index contributed by atoms with van der Waals surface area (Å²) in [5.74, 6) is -1.28. The molecule has 0 amide bonds. The van der Waals surface area contributed by atoms with Gasteiger partial charge in [-0.2, -0.15) is 0 Å². The molecule has 0 radical (unpaired) electrons. The monoisotopic (exact) mass is 277 g/mol. The van der Waals surface area contributed by atoms with Crippen LogP contribution in [0.1, 0.15) is 10.4 Å². The molecule has 8 heteroatoms. The van der Waals surface area contributed by atoms with Gasteiger partial charge in [0.25, 0.3) is 0 Å². The van der Waals surface area contributed by atoms with E-state index in [1.165, 1.54) is 38.4 Å². The van der Waals surface area contributed by atoms with Crippen molar-refractivity contribution in [2.24, 2.45) is 14.1 Å². The molecule has 104 valence electrons. The summed E-state index contributed by atoms with van der Waals surface area (Å²) in [6.45, 7) is 0. The molecule has 0 aliphatic carbocycles. The predicted octanol–water partition coefficient (Wildman–Crippen LogP) is -0.0305. The van der Waals surface area contributed by atoms with Gasteiger partial charge in [0.05, 0.1) is 5.56 Å². The molecule has 0 aliphatic rings. The van der Waals surface area contributed by atoms with Crippen molar-refractivity contribution in [3.05, 3.63) is 50.7 Å². The number of hydrogen-bond donors (Lipinski definition) is 1. The minimum absolute atomic E-state index is 0.0177. The minimum atomic E-state index is -1.11. The van der Waals surface area contributed by atoms with Crippen molar-refractivity contribution in [1.29, 1.82) is 0 Å². The lowest BCUT2D eigenvalue weighted by Crippen LogP contribution is -2.38. The second-order valence-corrected chi connectivity index (χ2v) is 4.01. The fourth-order valence-electron chi connectivity index (χ4n) is 1.54. The lowest BCUT2D eigenvalue weighted by molar-refractivity contribution is 0.0696. The van der Waals surface area contributed by atoms with Gasteiger partial charge in [-0.15, -0.1) is 5.10 Å². The fourth-order valence-corrected chi connectivity index (χ4v) is 1.54. The van der Waals surface area contributed by atoms with Crippen LogP contribution in [0.25, 0.3) is 0 Å². The predicted molar refractivity (Wildman–Crippen MR) is 68.2 cm³/mol. The second kappa shape index (κ2) is 5.00. The Hall–Kier alpha value is -2.90. The zero-order valence-corrected chi connectivity index (χ0v) is 10.7. The molecule has 0 saturated carbocycles. The highest BCUT2D eigenvalue weighted by molar-refractivity contribution is 5.88. The molecule has 0 unspecified atom stereocenters. The van der Waals surface area contributed by atoms with Crippen molar-refractivity contribution in [3.8, 4) is 11.6 Å². The molecule has 2 aromatic rings. The van der Waals surface area contributed by atoms with Gasteiger partial charge >= 0.3 is 23.1 Å². The topological polar surface area (TPSA) is 103 Å². The van der Waals surface area contributed by atoms with Crippen LogP contribution in [-0.4, -0.2) is 25.4 Å². The SMILES string of the molecule is Cn1nc(Oc2cccc(C(=O)O)c2)c(=O)n(C)c1=O. The number of carboxylic acid groups (broad SMARTS) is 1. The molecule has 0 aliphatic heterocycles. The molecule has 0 saturated heterocycles. The number of carboxylic acids is 1. The molecular formula is C12H11N3O5. The van der Waals surface area contributed by atoms with Crippen molar-refractivity contribution in [3.63, 3.8) is 0 Å². The average Bonchev–Trinajstić information content (AvgIpc) is 2.42. The quantitative estimate of drug-likeness (QED) is 0.845. The first kappa shape index (κ1) is 13.5. The van der Waals surface area contributed by atoms with Gasteiger partial charge in [-0.1, -0.05) is 6.07 Å². The third kappa shape index (κ3) is 2.44. The summed E-state index contributed by atoms with van der Waals surface area (Å²) in [7, 11) is 2.68. The largest absolute Gasteiger partial charge is 0.478 e. The smallest absolute Gasteiger partial charge is 0.347 e. The average molecular weight is 277 g/mol. The fraction of sp³-hybridized carbons (Fsp3) is 0.167. The number of nitrogens with zero attached hydrogens (tertiary/aromatic N) is 3. The summed E-state index contributed by atoms with van der Waals surface area (Å²) >= 11 is 0. The number of hydrogen-bond acceptors (Lipinski definition) is 5. The Bertz CT molecular complexity index is 790. The van der Waals surface area contributed by atoms with Gasteiger partial charge in [-0.25, -0.2) is 14.3 Å². The molecule has 20 heavy (non-hydrogen) atoms. The Morgan fingerprint density at radius 2 is 2.00 bits per heavy atom. The zero-order chi connectivity index (χ0) is 14.9. The number of ether oxygens (including phenoxy) is 1. The first-order chi connectivity index (χ1) is 9.40. The van der Waals surface area contributed by atoms with Crippen molar-refractivity contribution >= 4 is 5.97 Å². The second-order valence-electron chi connectivity index (χ2n) is 4.01. The molecular weight excluding hydrogens is 266 g/mol. The van der Waals surface area contributed by atoms with Crippen LogP contribution in [0.5, 0.6) is 11.6 Å². The van der Waals surface area contributed by atoms with Crippen molar-refractivity contribution in [2.75, 3.05) is 0 Å². The first-order valence-electron chi connectivity index (χ1n) is 5.55. The van der Waals surface area contributed by atoms with E-state index in [9.17, 15) is 14.4 Å². The summed E-state index contributed by atoms with van der Waals surface area (Å²) in [4.78, 5) is 34.1. The number of benzene rings is 1. The molecule has 2 rings (SSSR count). The number of carbonyl (C=O) groups is 1. The molecule has 1 aromatic carbocycles. The maximum Gasteiger partial charge on any atom is 0.347 e. The molecule has 1 N–H and O–H groups in total. The van der Waals surface area contributed by atoms with Gasteiger partial charge in [0.15, 0.2) is 0 Å². The van der Waals surface area contributed by atoms with E-state index in [4.69, 9.17) is 9.84 Å². The Balaban J connectivity index is 2.46. The number of aromatic nitrogens is 3. The van der Waals surface area contributed by atoms with E-state index in [-0.39, 0.29) is 17.2 Å². The molecule has 1 heterocycles. The summed E-state index contributed by atoms with van der Waals surface area (Å²) in [5, 5.41) is 12.6. The highest BCUT2D eigenvalue weighted by atomic mass is 16.5. The molecule has 0 bridgehead atoms. The van der Waals surface area contributed by atoms with Crippen LogP contribution in [0.2, 0.25) is 0 Å². The third-order valence-corrected chi connectivity index (χ3v) is 2.59. The lowest BCUT2D eigenvalue weighted by atomic mass is 10.2. The van der Waals surface area contributed by atoms with Gasteiger partial charge < -0.3 is 9.84 Å². The molecule has 1 aromatic heterocycles. The van der Waals surface area contributed by atoms with Gasteiger partial charge in [0.2, 0.25) is 0 Å². The van der Waals surface area contributed by atoms with Gasteiger partial charge in [-0.3, -0.25) is 9.36 Å². The van der Waals surface area contributed by atoms with Crippen LogP contribution in [0.3, 0.4) is 0 Å². The van der Waals surface area contributed by atoms with E-state index < -0.39 is 17.2 Å². The van der Waals surface area contributed by atoms with Crippen LogP contribution in [0.15, 0.2) is 33.9 Å². The normalized spacial score (nSPS) is 10.3. The summed E-state index contributed by atoms with van der Waals surface area (Å²) in [6, 6.07) is 5.61. The van der Waals surface area contributed by atoms with E-state index in [2.05, 4.69) is 5.10 Å². The van der Waals surface area contributed by atoms with E-state index >= 15 is 0 Å². The van der Waals surface area contributed by atoms with Crippen molar-refractivity contribution < 1.29 is 14.6 Å². The Kier molecular flexibility index (Phi) is 3.38. The van der Waals surface area contributed by atoms with Crippen LogP contribution >= 0.6 is 0 Å². The van der Waals surface area contributed by atoms with E-state index in [1.807, 2.05) is 0 Å².